The average molecular weight is 441 g/mol. The number of ether oxygens (including phenoxy) is 2. The zero-order chi connectivity index (χ0) is 19.1. The van der Waals surface area contributed by atoms with Crippen LogP contribution >= 0.6 is 27.5 Å². The van der Waals surface area contributed by atoms with Gasteiger partial charge in [0.05, 0.1) is 25.0 Å². The van der Waals surface area contributed by atoms with E-state index in [0.29, 0.717) is 34.4 Å². The molecule has 0 atom stereocenters. The number of carbonyl (C=O) groups is 1. The van der Waals surface area contributed by atoms with Crippen molar-refractivity contribution in [2.45, 2.75) is 13.8 Å². The summed E-state index contributed by atoms with van der Waals surface area (Å²) < 4.78 is 11.7. The Morgan fingerprint density at radius 2 is 2.12 bits per heavy atom. The van der Waals surface area contributed by atoms with E-state index in [1.165, 1.54) is 13.3 Å². The van der Waals surface area contributed by atoms with Gasteiger partial charge in [-0.2, -0.15) is 5.10 Å². The second-order valence-electron chi connectivity index (χ2n) is 5.26. The van der Waals surface area contributed by atoms with Crippen molar-refractivity contribution in [3.8, 4) is 11.5 Å². The van der Waals surface area contributed by atoms with Crippen molar-refractivity contribution in [1.29, 1.82) is 0 Å². The fourth-order valence-corrected chi connectivity index (χ4v) is 2.71. The zero-order valence-corrected chi connectivity index (χ0v) is 16.9. The average Bonchev–Trinajstić information content (AvgIpc) is 2.58. The summed E-state index contributed by atoms with van der Waals surface area (Å²) in [5.41, 5.74) is 4.76. The number of anilines is 1. The number of aryl methyl sites for hydroxylation is 1. The molecule has 0 aliphatic rings. The largest absolute Gasteiger partial charge is 0.491 e. The molecule has 0 aliphatic carbocycles. The highest BCUT2D eigenvalue weighted by atomic mass is 79.9. The first-order chi connectivity index (χ1) is 12.4. The van der Waals surface area contributed by atoms with Crippen LogP contribution in [0.25, 0.3) is 0 Å². The minimum absolute atomic E-state index is 0.398. The molecule has 0 radical (unpaired) electrons. The Balaban J connectivity index is 2.03. The molecule has 0 saturated carbocycles. The normalized spacial score (nSPS) is 10.7. The fraction of sp³-hybridized carbons (Fsp3) is 0.222. The molecule has 0 spiro atoms. The Morgan fingerprint density at radius 1 is 1.35 bits per heavy atom. The Labute approximate surface area is 165 Å². The van der Waals surface area contributed by atoms with Gasteiger partial charge in [-0.25, -0.2) is 10.2 Å². The first-order valence-corrected chi connectivity index (χ1v) is 8.98. The molecule has 2 rings (SSSR count). The van der Waals surface area contributed by atoms with Crippen molar-refractivity contribution in [3.63, 3.8) is 0 Å². The van der Waals surface area contributed by atoms with E-state index in [4.69, 9.17) is 21.1 Å². The summed E-state index contributed by atoms with van der Waals surface area (Å²) in [6.45, 7) is 4.28. The second-order valence-corrected chi connectivity index (χ2v) is 6.52. The van der Waals surface area contributed by atoms with Crippen LogP contribution in [0.3, 0.4) is 0 Å². The van der Waals surface area contributed by atoms with Gasteiger partial charge in [0.1, 0.15) is 0 Å². The van der Waals surface area contributed by atoms with Gasteiger partial charge in [0, 0.05) is 10.2 Å². The molecule has 0 aliphatic heterocycles. The molecule has 2 amide bonds. The van der Waals surface area contributed by atoms with Gasteiger partial charge in [-0.05, 0) is 55.3 Å². The summed E-state index contributed by atoms with van der Waals surface area (Å²) in [5.74, 6) is 0.973. The number of rotatable bonds is 6. The van der Waals surface area contributed by atoms with Crippen molar-refractivity contribution >= 4 is 45.5 Å². The lowest BCUT2D eigenvalue weighted by Gasteiger charge is -2.11. The third kappa shape index (κ3) is 5.37. The number of halogens is 2. The fourth-order valence-electron chi connectivity index (χ4n) is 2.17. The summed E-state index contributed by atoms with van der Waals surface area (Å²) >= 11 is 9.59. The van der Waals surface area contributed by atoms with Crippen LogP contribution in [0.15, 0.2) is 39.9 Å². The van der Waals surface area contributed by atoms with Gasteiger partial charge in [0.2, 0.25) is 0 Å². The summed E-state index contributed by atoms with van der Waals surface area (Å²) in [6, 6.07) is 8.46. The number of benzene rings is 2. The third-order valence-electron chi connectivity index (χ3n) is 3.33. The predicted molar refractivity (Wildman–Crippen MR) is 108 cm³/mol. The van der Waals surface area contributed by atoms with Crippen LogP contribution in [0.1, 0.15) is 18.1 Å². The van der Waals surface area contributed by atoms with Crippen molar-refractivity contribution in [1.82, 2.24) is 5.43 Å². The van der Waals surface area contributed by atoms with E-state index < -0.39 is 6.03 Å². The summed E-state index contributed by atoms with van der Waals surface area (Å²) in [7, 11) is 1.52. The Hall–Kier alpha value is -2.25. The van der Waals surface area contributed by atoms with Crippen molar-refractivity contribution in [2.75, 3.05) is 19.0 Å². The maximum atomic E-state index is 11.9. The zero-order valence-electron chi connectivity index (χ0n) is 14.6. The Kier molecular flexibility index (Phi) is 7.29. The quantitative estimate of drug-likeness (QED) is 0.492. The molecule has 0 saturated heterocycles. The van der Waals surface area contributed by atoms with Crippen LogP contribution in [-0.2, 0) is 0 Å². The second kappa shape index (κ2) is 9.45. The minimum atomic E-state index is -0.451. The number of nitrogens with zero attached hydrogens (tertiary/aromatic N) is 1. The molecule has 2 aromatic rings. The highest BCUT2D eigenvalue weighted by molar-refractivity contribution is 9.10. The molecule has 138 valence electrons. The molecule has 2 aromatic carbocycles. The van der Waals surface area contributed by atoms with Crippen LogP contribution in [0.5, 0.6) is 11.5 Å². The molecule has 8 heteroatoms. The maximum Gasteiger partial charge on any atom is 0.339 e. The standard InChI is InChI=1S/C18H19BrClN3O3/c1-4-26-16-9-12(8-15(20)17(16)25-3)10-21-23-18(24)22-13-5-6-14(19)11(2)7-13/h5-10H,4H2,1-3H3,(H2,22,23,24)/b21-10+. The molecule has 0 fully saturated rings. The van der Waals surface area contributed by atoms with E-state index in [-0.39, 0.29) is 0 Å². The van der Waals surface area contributed by atoms with Gasteiger partial charge in [-0.15, -0.1) is 0 Å². The molecular formula is C18H19BrClN3O3. The molecule has 0 bridgehead atoms. The third-order valence-corrected chi connectivity index (χ3v) is 4.50. The highest BCUT2D eigenvalue weighted by Crippen LogP contribution is 2.35. The van der Waals surface area contributed by atoms with Crippen LogP contribution < -0.4 is 20.2 Å². The number of hydrogen-bond donors (Lipinski definition) is 2. The van der Waals surface area contributed by atoms with Crippen LogP contribution in [0.4, 0.5) is 10.5 Å². The minimum Gasteiger partial charge on any atom is -0.491 e. The SMILES string of the molecule is CCOc1cc(/C=N/NC(=O)Nc2ccc(Br)c(C)c2)cc(Cl)c1OC. The van der Waals surface area contributed by atoms with Crippen LogP contribution in [-0.4, -0.2) is 26.0 Å². The number of methoxy groups -OCH3 is 1. The lowest BCUT2D eigenvalue weighted by molar-refractivity contribution is 0.252. The van der Waals surface area contributed by atoms with Crippen molar-refractivity contribution in [2.24, 2.45) is 5.10 Å². The topological polar surface area (TPSA) is 72.0 Å². The van der Waals surface area contributed by atoms with Gasteiger partial charge < -0.3 is 14.8 Å². The first-order valence-electron chi connectivity index (χ1n) is 7.81. The lowest BCUT2D eigenvalue weighted by atomic mass is 10.2. The van der Waals surface area contributed by atoms with Gasteiger partial charge in [-0.3, -0.25) is 0 Å². The molecule has 2 N–H and O–H groups in total. The molecule has 26 heavy (non-hydrogen) atoms. The number of nitrogens with one attached hydrogen (secondary N) is 2. The number of hydrazone groups is 1. The van der Waals surface area contributed by atoms with E-state index in [1.54, 1.807) is 18.2 Å². The van der Waals surface area contributed by atoms with E-state index in [9.17, 15) is 4.79 Å². The van der Waals surface area contributed by atoms with E-state index in [0.717, 1.165) is 10.0 Å². The number of amides is 2. The molecular weight excluding hydrogens is 422 g/mol. The van der Waals surface area contributed by atoms with E-state index >= 15 is 0 Å². The molecule has 0 heterocycles. The smallest absolute Gasteiger partial charge is 0.339 e. The Bertz CT molecular complexity index is 828. The van der Waals surface area contributed by atoms with Crippen LogP contribution in [0, 0.1) is 6.92 Å². The molecule has 0 unspecified atom stereocenters. The van der Waals surface area contributed by atoms with Gasteiger partial charge in [0.25, 0.3) is 0 Å². The van der Waals surface area contributed by atoms with Gasteiger partial charge in [-0.1, -0.05) is 27.5 Å². The van der Waals surface area contributed by atoms with E-state index in [1.807, 2.05) is 26.0 Å². The number of urea groups is 1. The van der Waals surface area contributed by atoms with Gasteiger partial charge in [0.15, 0.2) is 11.5 Å². The van der Waals surface area contributed by atoms with Crippen molar-refractivity contribution < 1.29 is 14.3 Å². The highest BCUT2D eigenvalue weighted by Gasteiger charge is 2.10. The number of carbonyl (C=O) groups excluding carboxylic acids is 1. The Morgan fingerprint density at radius 3 is 2.77 bits per heavy atom. The maximum absolute atomic E-state index is 11.9. The number of hydrogen-bond acceptors (Lipinski definition) is 4. The van der Waals surface area contributed by atoms with Gasteiger partial charge >= 0.3 is 6.03 Å². The lowest BCUT2D eigenvalue weighted by Crippen LogP contribution is -2.24. The summed E-state index contributed by atoms with van der Waals surface area (Å²) in [5, 5.41) is 7.02. The summed E-state index contributed by atoms with van der Waals surface area (Å²) in [6.07, 6.45) is 1.47. The summed E-state index contributed by atoms with van der Waals surface area (Å²) in [4.78, 5) is 11.9. The first kappa shape index (κ1) is 20.1. The molecule has 6 nitrogen and oxygen atoms in total. The van der Waals surface area contributed by atoms with E-state index in [2.05, 4.69) is 31.8 Å². The monoisotopic (exact) mass is 439 g/mol. The predicted octanol–water partition coefficient (Wildman–Crippen LogP) is 4.97. The molecule has 0 aromatic heterocycles. The van der Waals surface area contributed by atoms with Crippen molar-refractivity contribution in [3.05, 3.63) is 51.0 Å². The van der Waals surface area contributed by atoms with Crippen LogP contribution in [0.2, 0.25) is 5.02 Å².